The lowest BCUT2D eigenvalue weighted by Gasteiger charge is -2.34. The second-order valence-electron chi connectivity index (χ2n) is 4.86. The first-order valence-corrected chi connectivity index (χ1v) is 5.54. The molecule has 1 aromatic carbocycles. The highest BCUT2D eigenvalue weighted by Crippen LogP contribution is 2.17. The molecule has 0 atom stereocenters. The zero-order valence-electron chi connectivity index (χ0n) is 10.7. The van der Waals surface area contributed by atoms with Crippen LogP contribution in [0.2, 0.25) is 0 Å². The number of benzene rings is 1. The van der Waals surface area contributed by atoms with Crippen molar-refractivity contribution in [2.24, 2.45) is 5.73 Å². The molecule has 0 unspecified atom stereocenters. The smallest absolute Gasteiger partial charge is 0.257 e. The highest BCUT2D eigenvalue weighted by Gasteiger charge is 2.28. The highest BCUT2D eigenvalue weighted by molar-refractivity contribution is 5.95. The number of carbonyl (C=O) groups is 1. The fourth-order valence-electron chi connectivity index (χ4n) is 1.40. The van der Waals surface area contributed by atoms with Gasteiger partial charge in [-0.2, -0.15) is 0 Å². The van der Waals surface area contributed by atoms with Crippen LogP contribution in [0, 0.1) is 12.7 Å². The van der Waals surface area contributed by atoms with Gasteiger partial charge in [0.1, 0.15) is 5.82 Å². The molecule has 2 N–H and O–H groups in total. The summed E-state index contributed by atoms with van der Waals surface area (Å²) in [5.41, 5.74) is 6.06. The normalized spacial score (nSPS) is 11.4. The largest absolute Gasteiger partial charge is 0.335 e. The lowest BCUT2D eigenvalue weighted by atomic mass is 10.0. The maximum Gasteiger partial charge on any atom is 0.257 e. The quantitative estimate of drug-likeness (QED) is 0.874. The minimum atomic E-state index is -0.500. The standard InChI is InChI=1S/C13H19FN2O/c1-9-5-6-11(14)10(7-9)12(17)16(4)13(2,3)8-15/h5-7H,8,15H2,1-4H3. The van der Waals surface area contributed by atoms with Crippen molar-refractivity contribution >= 4 is 5.91 Å². The maximum absolute atomic E-state index is 13.6. The number of amides is 1. The number of likely N-dealkylation sites (N-methyl/N-ethyl adjacent to an activating group) is 1. The van der Waals surface area contributed by atoms with Crippen LogP contribution in [-0.4, -0.2) is 29.9 Å². The molecule has 0 aromatic heterocycles. The number of nitrogens with two attached hydrogens (primary N) is 1. The molecule has 4 heteroatoms. The minimum Gasteiger partial charge on any atom is -0.335 e. The molecule has 94 valence electrons. The Bertz CT molecular complexity index is 429. The van der Waals surface area contributed by atoms with E-state index in [0.717, 1.165) is 5.56 Å². The molecular weight excluding hydrogens is 219 g/mol. The summed E-state index contributed by atoms with van der Waals surface area (Å²) < 4.78 is 13.6. The van der Waals surface area contributed by atoms with Crippen molar-refractivity contribution in [2.45, 2.75) is 26.3 Å². The lowest BCUT2D eigenvalue weighted by Crippen LogP contribution is -2.50. The van der Waals surface area contributed by atoms with Crippen molar-refractivity contribution in [3.05, 3.63) is 35.1 Å². The predicted molar refractivity (Wildman–Crippen MR) is 66.4 cm³/mol. The van der Waals surface area contributed by atoms with Gasteiger partial charge in [-0.15, -0.1) is 0 Å². The molecule has 1 rings (SSSR count). The third kappa shape index (κ3) is 2.82. The number of aryl methyl sites for hydroxylation is 1. The Hall–Kier alpha value is -1.42. The van der Waals surface area contributed by atoms with Gasteiger partial charge < -0.3 is 10.6 Å². The maximum atomic E-state index is 13.6. The van der Waals surface area contributed by atoms with E-state index in [1.165, 1.54) is 11.0 Å². The van der Waals surface area contributed by atoms with Crippen LogP contribution in [0.25, 0.3) is 0 Å². The Morgan fingerprint density at radius 3 is 2.59 bits per heavy atom. The van der Waals surface area contributed by atoms with Gasteiger partial charge in [-0.05, 0) is 32.9 Å². The first kappa shape index (κ1) is 13.6. The number of nitrogens with zero attached hydrogens (tertiary/aromatic N) is 1. The Kier molecular flexibility index (Phi) is 3.88. The van der Waals surface area contributed by atoms with Crippen LogP contribution in [0.15, 0.2) is 18.2 Å². The molecule has 0 spiro atoms. The predicted octanol–water partition coefficient (Wildman–Crippen LogP) is 1.94. The van der Waals surface area contributed by atoms with Crippen LogP contribution in [0.1, 0.15) is 29.8 Å². The van der Waals surface area contributed by atoms with Crippen molar-refractivity contribution in [3.8, 4) is 0 Å². The fourth-order valence-corrected chi connectivity index (χ4v) is 1.40. The van der Waals surface area contributed by atoms with E-state index in [0.29, 0.717) is 6.54 Å². The van der Waals surface area contributed by atoms with Gasteiger partial charge in [0.15, 0.2) is 0 Å². The molecule has 1 aromatic rings. The molecule has 0 heterocycles. The molecule has 0 aliphatic heterocycles. The van der Waals surface area contributed by atoms with E-state index in [1.54, 1.807) is 19.2 Å². The van der Waals surface area contributed by atoms with E-state index in [-0.39, 0.29) is 11.5 Å². The average molecular weight is 238 g/mol. The molecule has 0 bridgehead atoms. The van der Waals surface area contributed by atoms with Crippen LogP contribution in [0.4, 0.5) is 4.39 Å². The van der Waals surface area contributed by atoms with Crippen molar-refractivity contribution < 1.29 is 9.18 Å². The molecule has 0 fully saturated rings. The summed E-state index contributed by atoms with van der Waals surface area (Å²) in [4.78, 5) is 13.6. The second-order valence-corrected chi connectivity index (χ2v) is 4.86. The number of rotatable bonds is 3. The highest BCUT2D eigenvalue weighted by atomic mass is 19.1. The van der Waals surface area contributed by atoms with E-state index >= 15 is 0 Å². The molecule has 0 aliphatic rings. The van der Waals surface area contributed by atoms with Gasteiger partial charge in [0.05, 0.1) is 5.56 Å². The van der Waals surface area contributed by atoms with Crippen molar-refractivity contribution in [3.63, 3.8) is 0 Å². The summed E-state index contributed by atoms with van der Waals surface area (Å²) >= 11 is 0. The first-order valence-electron chi connectivity index (χ1n) is 5.54. The van der Waals surface area contributed by atoms with E-state index in [9.17, 15) is 9.18 Å². The summed E-state index contributed by atoms with van der Waals surface area (Å²) in [6.07, 6.45) is 0. The van der Waals surface area contributed by atoms with Gasteiger partial charge in [0.25, 0.3) is 5.91 Å². The summed E-state index contributed by atoms with van der Waals surface area (Å²) in [7, 11) is 1.64. The number of hydrogen-bond acceptors (Lipinski definition) is 2. The van der Waals surface area contributed by atoms with E-state index in [2.05, 4.69) is 0 Å². The zero-order valence-corrected chi connectivity index (χ0v) is 10.7. The number of carbonyl (C=O) groups excluding carboxylic acids is 1. The SMILES string of the molecule is Cc1ccc(F)c(C(=O)N(C)C(C)(C)CN)c1. The van der Waals surface area contributed by atoms with Crippen molar-refractivity contribution in [1.82, 2.24) is 4.90 Å². The molecule has 1 amide bonds. The van der Waals surface area contributed by atoms with Crippen molar-refractivity contribution in [2.75, 3.05) is 13.6 Å². The third-order valence-corrected chi connectivity index (χ3v) is 3.06. The Morgan fingerprint density at radius 1 is 1.47 bits per heavy atom. The zero-order chi connectivity index (χ0) is 13.2. The lowest BCUT2D eigenvalue weighted by molar-refractivity contribution is 0.0635. The fraction of sp³-hybridized carbons (Fsp3) is 0.462. The van der Waals surface area contributed by atoms with Gasteiger partial charge in [0, 0.05) is 19.1 Å². The van der Waals surface area contributed by atoms with Gasteiger partial charge in [-0.25, -0.2) is 4.39 Å². The molecule has 0 radical (unpaired) electrons. The molecule has 0 aliphatic carbocycles. The van der Waals surface area contributed by atoms with Crippen molar-refractivity contribution in [1.29, 1.82) is 0 Å². The van der Waals surface area contributed by atoms with E-state index < -0.39 is 11.4 Å². The van der Waals surface area contributed by atoms with Crippen LogP contribution < -0.4 is 5.73 Å². The number of halogens is 1. The van der Waals surface area contributed by atoms with Crippen LogP contribution in [-0.2, 0) is 0 Å². The van der Waals surface area contributed by atoms with E-state index in [1.807, 2.05) is 20.8 Å². The second kappa shape index (κ2) is 4.84. The molecule has 0 saturated heterocycles. The van der Waals surface area contributed by atoms with Gasteiger partial charge in [-0.1, -0.05) is 11.6 Å². The molecule has 17 heavy (non-hydrogen) atoms. The summed E-state index contributed by atoms with van der Waals surface area (Å²) in [5, 5.41) is 0. The number of hydrogen-bond donors (Lipinski definition) is 1. The van der Waals surface area contributed by atoms with Crippen LogP contribution >= 0.6 is 0 Å². The Morgan fingerprint density at radius 2 is 2.06 bits per heavy atom. The summed E-state index contributed by atoms with van der Waals surface area (Å²) in [6, 6.07) is 4.51. The third-order valence-electron chi connectivity index (χ3n) is 3.06. The van der Waals surface area contributed by atoms with Gasteiger partial charge >= 0.3 is 0 Å². The Balaban J connectivity index is 3.08. The first-order chi connectivity index (χ1) is 7.79. The molecule has 0 saturated carbocycles. The monoisotopic (exact) mass is 238 g/mol. The van der Waals surface area contributed by atoms with Crippen LogP contribution in [0.3, 0.4) is 0 Å². The van der Waals surface area contributed by atoms with E-state index in [4.69, 9.17) is 5.73 Å². The summed E-state index contributed by atoms with van der Waals surface area (Å²) in [6.45, 7) is 5.84. The molecular formula is C13H19FN2O. The van der Waals surface area contributed by atoms with Gasteiger partial charge in [0.2, 0.25) is 0 Å². The average Bonchev–Trinajstić information content (AvgIpc) is 2.30. The van der Waals surface area contributed by atoms with Crippen LogP contribution in [0.5, 0.6) is 0 Å². The Labute approximate surface area is 101 Å². The topological polar surface area (TPSA) is 46.3 Å². The summed E-state index contributed by atoms with van der Waals surface area (Å²) in [5.74, 6) is -0.845. The van der Waals surface area contributed by atoms with Gasteiger partial charge in [-0.3, -0.25) is 4.79 Å². The minimum absolute atomic E-state index is 0.0917. The molecule has 3 nitrogen and oxygen atoms in total.